The Morgan fingerprint density at radius 3 is 2.91 bits per heavy atom. The van der Waals surface area contributed by atoms with Crippen molar-refractivity contribution in [3.05, 3.63) is 53.4 Å². The van der Waals surface area contributed by atoms with Crippen LogP contribution in [-0.4, -0.2) is 42.8 Å². The Labute approximate surface area is 192 Å². The first-order chi connectivity index (χ1) is 15.6. The molecule has 32 heavy (non-hydrogen) atoms. The molecule has 1 N–H and O–H groups in total. The predicted octanol–water partition coefficient (Wildman–Crippen LogP) is 5.35. The third kappa shape index (κ3) is 4.25. The van der Waals surface area contributed by atoms with Crippen LogP contribution in [0.25, 0.3) is 16.1 Å². The predicted molar refractivity (Wildman–Crippen MR) is 129 cm³/mol. The highest BCUT2D eigenvalue weighted by atomic mass is 32.1. The molecule has 1 unspecified atom stereocenters. The third-order valence-electron chi connectivity index (χ3n) is 6.19. The van der Waals surface area contributed by atoms with E-state index in [0.29, 0.717) is 5.92 Å². The number of nitrogens with one attached hydrogen (secondary N) is 1. The van der Waals surface area contributed by atoms with Crippen LogP contribution in [0.1, 0.15) is 50.1 Å². The molecule has 1 atom stereocenters. The van der Waals surface area contributed by atoms with Gasteiger partial charge in [-0.3, -0.25) is 4.90 Å². The van der Waals surface area contributed by atoms with Gasteiger partial charge < -0.3 is 5.32 Å². The summed E-state index contributed by atoms with van der Waals surface area (Å²) in [6.45, 7) is 9.83. The minimum atomic E-state index is 0.382. The minimum absolute atomic E-state index is 0.382. The fraction of sp³-hybridized carbons (Fsp3) is 0.417. The van der Waals surface area contributed by atoms with E-state index >= 15 is 0 Å². The number of fused-ring (bicyclic) bond motifs is 1. The van der Waals surface area contributed by atoms with Crippen LogP contribution in [0.15, 0.2) is 42.9 Å². The summed E-state index contributed by atoms with van der Waals surface area (Å²) < 4.78 is 1.92. The van der Waals surface area contributed by atoms with Crippen LogP contribution in [0.3, 0.4) is 0 Å². The van der Waals surface area contributed by atoms with Crippen molar-refractivity contribution >= 4 is 28.4 Å². The molecule has 1 fully saturated rings. The molecule has 1 aliphatic rings. The van der Waals surface area contributed by atoms with Crippen LogP contribution in [0, 0.1) is 5.92 Å². The van der Waals surface area contributed by atoms with Gasteiger partial charge in [-0.05, 0) is 42.6 Å². The lowest BCUT2D eigenvalue weighted by Crippen LogP contribution is -2.20. The maximum absolute atomic E-state index is 4.58. The number of hydrogen-bond acceptors (Lipinski definition) is 7. The molecule has 4 aromatic rings. The molecule has 166 valence electrons. The fourth-order valence-corrected chi connectivity index (χ4v) is 5.16. The summed E-state index contributed by atoms with van der Waals surface area (Å²) in [6, 6.07) is 10.4. The van der Waals surface area contributed by atoms with Crippen molar-refractivity contribution in [3.8, 4) is 10.6 Å². The summed E-state index contributed by atoms with van der Waals surface area (Å²) in [7, 11) is 0. The molecule has 1 aliphatic heterocycles. The highest BCUT2D eigenvalue weighted by Gasteiger charge is 2.22. The smallest absolute Gasteiger partial charge is 0.158 e. The molecule has 8 heteroatoms. The number of nitrogens with zero attached hydrogens (tertiary/aromatic N) is 6. The van der Waals surface area contributed by atoms with Crippen LogP contribution in [0.4, 0.5) is 11.5 Å². The molecule has 0 aliphatic carbocycles. The van der Waals surface area contributed by atoms with Gasteiger partial charge in [0.05, 0.1) is 0 Å². The Morgan fingerprint density at radius 1 is 1.22 bits per heavy atom. The molecule has 4 heterocycles. The fourth-order valence-electron chi connectivity index (χ4n) is 4.32. The van der Waals surface area contributed by atoms with Crippen LogP contribution in [0.2, 0.25) is 0 Å². The zero-order valence-corrected chi connectivity index (χ0v) is 19.6. The van der Waals surface area contributed by atoms with Crippen molar-refractivity contribution in [2.75, 3.05) is 18.4 Å². The second kappa shape index (κ2) is 8.96. The normalized spacial score (nSPS) is 16.9. The van der Waals surface area contributed by atoms with Crippen LogP contribution in [-0.2, 0) is 6.54 Å². The van der Waals surface area contributed by atoms with E-state index in [1.165, 1.54) is 24.9 Å². The third-order valence-corrected chi connectivity index (χ3v) is 7.46. The Bertz CT molecular complexity index is 1210. The first-order valence-corrected chi connectivity index (χ1v) is 12.2. The molecular formula is C24H29N7S. The van der Waals surface area contributed by atoms with E-state index in [9.17, 15) is 0 Å². The zero-order chi connectivity index (χ0) is 22.1. The largest absolute Gasteiger partial charge is 0.338 e. The molecule has 0 radical (unpaired) electrons. The lowest BCUT2D eigenvalue weighted by atomic mass is 10.1. The van der Waals surface area contributed by atoms with Gasteiger partial charge in [0, 0.05) is 36.5 Å². The van der Waals surface area contributed by atoms with Crippen molar-refractivity contribution in [2.24, 2.45) is 5.92 Å². The maximum atomic E-state index is 4.58. The van der Waals surface area contributed by atoms with Gasteiger partial charge in [0.1, 0.15) is 21.9 Å². The number of aromatic nitrogens is 5. The van der Waals surface area contributed by atoms with Gasteiger partial charge in [-0.25, -0.2) is 9.50 Å². The summed E-state index contributed by atoms with van der Waals surface area (Å²) in [6.07, 6.45) is 6.18. The van der Waals surface area contributed by atoms with Gasteiger partial charge in [-0.2, -0.15) is 5.10 Å². The SMILES string of the molecule is CCC1CCN(Cc2ccn3ncnc(Nc4cccc(-c5nnc(C(C)C)s5)c4)c23)C1. The number of likely N-dealkylation sites (tertiary alicyclic amines) is 1. The van der Waals surface area contributed by atoms with Crippen molar-refractivity contribution < 1.29 is 0 Å². The molecule has 1 aromatic carbocycles. The average molecular weight is 448 g/mol. The molecule has 3 aromatic heterocycles. The quantitative estimate of drug-likeness (QED) is 0.412. The molecule has 5 rings (SSSR count). The number of anilines is 2. The van der Waals surface area contributed by atoms with Crippen molar-refractivity contribution in [2.45, 2.75) is 46.1 Å². The standard InChI is InChI=1S/C24H29N7S/c1-4-17-8-10-30(13-17)14-19-9-11-31-21(19)22(25-15-26-31)27-20-7-5-6-18(12-20)24-29-28-23(32-24)16(2)3/h5-7,9,11-12,15-17H,4,8,10,13-14H2,1-3H3,(H,25,26,27). The van der Waals surface area contributed by atoms with Crippen molar-refractivity contribution in [1.29, 1.82) is 0 Å². The van der Waals surface area contributed by atoms with Crippen molar-refractivity contribution in [1.82, 2.24) is 29.7 Å². The Morgan fingerprint density at radius 2 is 2.12 bits per heavy atom. The van der Waals surface area contributed by atoms with Gasteiger partial charge in [-0.1, -0.05) is 50.7 Å². The first-order valence-electron chi connectivity index (χ1n) is 11.3. The molecule has 1 saturated heterocycles. The van der Waals surface area contributed by atoms with Crippen LogP contribution in [0.5, 0.6) is 0 Å². The molecule has 0 saturated carbocycles. The molecular weight excluding hydrogens is 418 g/mol. The summed E-state index contributed by atoms with van der Waals surface area (Å²) in [5, 5.41) is 18.7. The highest BCUT2D eigenvalue weighted by molar-refractivity contribution is 7.14. The summed E-state index contributed by atoms with van der Waals surface area (Å²) in [4.78, 5) is 7.13. The van der Waals surface area contributed by atoms with Gasteiger partial charge in [0.2, 0.25) is 0 Å². The van der Waals surface area contributed by atoms with Gasteiger partial charge in [-0.15, -0.1) is 10.2 Å². The Hall–Kier alpha value is -2.84. The van der Waals surface area contributed by atoms with E-state index < -0.39 is 0 Å². The van der Waals surface area contributed by atoms with E-state index in [2.05, 4.69) is 75.5 Å². The topological polar surface area (TPSA) is 71.2 Å². The van der Waals surface area contributed by atoms with Crippen LogP contribution < -0.4 is 5.32 Å². The molecule has 0 spiro atoms. The second-order valence-corrected chi connectivity index (χ2v) is 9.86. The van der Waals surface area contributed by atoms with E-state index in [1.807, 2.05) is 16.8 Å². The highest BCUT2D eigenvalue weighted by Crippen LogP contribution is 2.31. The van der Waals surface area contributed by atoms with Gasteiger partial charge in [0.25, 0.3) is 0 Å². The number of rotatable bonds is 7. The maximum Gasteiger partial charge on any atom is 0.158 e. The Balaban J connectivity index is 1.41. The number of hydrogen-bond donors (Lipinski definition) is 1. The second-order valence-electron chi connectivity index (χ2n) is 8.85. The zero-order valence-electron chi connectivity index (χ0n) is 18.8. The monoisotopic (exact) mass is 447 g/mol. The number of benzene rings is 1. The molecule has 7 nitrogen and oxygen atoms in total. The Kier molecular flexibility index (Phi) is 5.89. The lowest BCUT2D eigenvalue weighted by Gasteiger charge is -2.16. The van der Waals surface area contributed by atoms with Gasteiger partial charge >= 0.3 is 0 Å². The molecule has 0 bridgehead atoms. The summed E-state index contributed by atoms with van der Waals surface area (Å²) >= 11 is 1.65. The summed E-state index contributed by atoms with van der Waals surface area (Å²) in [5.74, 6) is 2.02. The lowest BCUT2D eigenvalue weighted by molar-refractivity contribution is 0.316. The minimum Gasteiger partial charge on any atom is -0.338 e. The van der Waals surface area contributed by atoms with Crippen molar-refractivity contribution in [3.63, 3.8) is 0 Å². The van der Waals surface area contributed by atoms with E-state index in [0.717, 1.165) is 51.6 Å². The first kappa shape index (κ1) is 21.0. The van der Waals surface area contributed by atoms with E-state index in [-0.39, 0.29) is 0 Å². The van der Waals surface area contributed by atoms with E-state index in [1.54, 1.807) is 17.7 Å². The van der Waals surface area contributed by atoms with Crippen LogP contribution >= 0.6 is 11.3 Å². The average Bonchev–Trinajstić information content (AvgIpc) is 3.55. The van der Waals surface area contributed by atoms with E-state index in [4.69, 9.17) is 0 Å². The summed E-state index contributed by atoms with van der Waals surface area (Å²) in [5.41, 5.74) is 4.33. The van der Waals surface area contributed by atoms with Gasteiger partial charge in [0.15, 0.2) is 5.82 Å². The molecule has 0 amide bonds.